The van der Waals surface area contributed by atoms with E-state index in [0.29, 0.717) is 41.2 Å². The Balaban J connectivity index is 1.43. The zero-order chi connectivity index (χ0) is 22.6. The van der Waals surface area contributed by atoms with Gasteiger partial charge in [-0.1, -0.05) is 17.7 Å². The minimum atomic E-state index is -0.537. The van der Waals surface area contributed by atoms with Crippen LogP contribution in [0.4, 0.5) is 11.6 Å². The first-order valence-corrected chi connectivity index (χ1v) is 11.4. The normalized spacial score (nSPS) is 22.8. The first-order chi connectivity index (χ1) is 15.4. The molecule has 0 radical (unpaired) electrons. The molecule has 2 aromatic rings. The molecule has 2 fully saturated rings. The summed E-state index contributed by atoms with van der Waals surface area (Å²) in [4.78, 5) is 21.4. The number of hydrogen-bond acceptors (Lipinski definition) is 7. The summed E-state index contributed by atoms with van der Waals surface area (Å²) in [5.41, 5.74) is 1.33. The summed E-state index contributed by atoms with van der Waals surface area (Å²) in [6, 6.07) is 7.52. The Hall–Kier alpha value is -2.26. The number of anilines is 2. The summed E-state index contributed by atoms with van der Waals surface area (Å²) in [5, 5.41) is 9.87. The van der Waals surface area contributed by atoms with Crippen molar-refractivity contribution in [3.05, 3.63) is 35.5 Å². The summed E-state index contributed by atoms with van der Waals surface area (Å²) in [6.07, 6.45) is 3.04. The molecule has 0 aromatic carbocycles. The SMILES string of the molecule is CC1(C)C[C@@H](CNc2cccc(-c3cc(NC(=O)[C@H]4CNCCO4)ncc3Cl)n2)CCO1. The summed E-state index contributed by atoms with van der Waals surface area (Å²) < 4.78 is 11.3. The molecule has 1 amide bonds. The van der Waals surface area contributed by atoms with Crippen LogP contribution in [0.25, 0.3) is 11.3 Å². The molecule has 2 saturated heterocycles. The number of halogens is 1. The van der Waals surface area contributed by atoms with E-state index in [0.717, 1.165) is 38.4 Å². The lowest BCUT2D eigenvalue weighted by Gasteiger charge is -2.35. The highest BCUT2D eigenvalue weighted by molar-refractivity contribution is 6.33. The lowest BCUT2D eigenvalue weighted by atomic mass is 9.88. The smallest absolute Gasteiger partial charge is 0.255 e. The number of aromatic nitrogens is 2. The third kappa shape index (κ3) is 5.95. The summed E-state index contributed by atoms with van der Waals surface area (Å²) in [5.74, 6) is 1.49. The highest BCUT2D eigenvalue weighted by Crippen LogP contribution is 2.30. The number of amides is 1. The third-order valence-electron chi connectivity index (χ3n) is 5.72. The van der Waals surface area contributed by atoms with Crippen LogP contribution in [0.2, 0.25) is 5.02 Å². The maximum Gasteiger partial charge on any atom is 0.255 e. The number of pyridine rings is 2. The Morgan fingerprint density at radius 2 is 2.19 bits per heavy atom. The molecule has 0 aliphatic carbocycles. The number of carbonyl (C=O) groups is 1. The molecule has 2 aliphatic rings. The summed E-state index contributed by atoms with van der Waals surface area (Å²) in [6.45, 7) is 7.63. The van der Waals surface area contributed by atoms with Crippen molar-refractivity contribution in [2.24, 2.45) is 5.92 Å². The van der Waals surface area contributed by atoms with E-state index in [4.69, 9.17) is 26.1 Å². The zero-order valence-corrected chi connectivity index (χ0v) is 19.2. The van der Waals surface area contributed by atoms with E-state index < -0.39 is 6.10 Å². The molecule has 0 spiro atoms. The standard InChI is InChI=1S/C23H30ClN5O3/c1-23(2)11-15(6-8-32-23)12-26-20-5-3-4-18(28-20)16-10-21(27-13-17(16)24)29-22(30)19-14-25-7-9-31-19/h3-5,10,13,15,19,25H,6-9,11-12,14H2,1-2H3,(H,26,28)(H,27,29,30)/t15-,19+/m0/s1. The zero-order valence-electron chi connectivity index (χ0n) is 18.5. The first kappa shape index (κ1) is 22.9. The molecule has 2 aromatic heterocycles. The van der Waals surface area contributed by atoms with E-state index in [2.05, 4.69) is 34.8 Å². The average molecular weight is 460 g/mol. The maximum absolute atomic E-state index is 12.5. The molecule has 172 valence electrons. The van der Waals surface area contributed by atoms with Gasteiger partial charge in [0, 0.05) is 38.0 Å². The van der Waals surface area contributed by atoms with Crippen LogP contribution < -0.4 is 16.0 Å². The molecule has 9 heteroatoms. The van der Waals surface area contributed by atoms with Gasteiger partial charge in [-0.15, -0.1) is 0 Å². The van der Waals surface area contributed by atoms with Crippen LogP contribution in [0.5, 0.6) is 0 Å². The number of ether oxygens (including phenoxy) is 2. The maximum atomic E-state index is 12.5. The Bertz CT molecular complexity index is 949. The number of nitrogens with zero attached hydrogens (tertiary/aromatic N) is 2. The van der Waals surface area contributed by atoms with Gasteiger partial charge >= 0.3 is 0 Å². The molecular weight excluding hydrogens is 430 g/mol. The fraction of sp³-hybridized carbons (Fsp3) is 0.522. The van der Waals surface area contributed by atoms with Crippen LogP contribution in [0.3, 0.4) is 0 Å². The van der Waals surface area contributed by atoms with Crippen molar-refractivity contribution < 1.29 is 14.3 Å². The van der Waals surface area contributed by atoms with E-state index in [1.165, 1.54) is 6.20 Å². The van der Waals surface area contributed by atoms with Gasteiger partial charge in [0.2, 0.25) is 0 Å². The topological polar surface area (TPSA) is 97.4 Å². The minimum absolute atomic E-state index is 0.0794. The number of nitrogens with one attached hydrogen (secondary N) is 3. The third-order valence-corrected chi connectivity index (χ3v) is 6.02. The van der Waals surface area contributed by atoms with Crippen molar-refractivity contribution in [1.29, 1.82) is 0 Å². The van der Waals surface area contributed by atoms with E-state index in [-0.39, 0.29) is 11.5 Å². The monoisotopic (exact) mass is 459 g/mol. The van der Waals surface area contributed by atoms with Crippen LogP contribution >= 0.6 is 11.6 Å². The highest BCUT2D eigenvalue weighted by Gasteiger charge is 2.28. The molecule has 2 atom stereocenters. The van der Waals surface area contributed by atoms with Crippen molar-refractivity contribution in [1.82, 2.24) is 15.3 Å². The predicted molar refractivity (Wildman–Crippen MR) is 125 cm³/mol. The van der Waals surface area contributed by atoms with Gasteiger partial charge in [0.05, 0.1) is 22.9 Å². The van der Waals surface area contributed by atoms with Crippen LogP contribution in [0.15, 0.2) is 30.5 Å². The van der Waals surface area contributed by atoms with Crippen LogP contribution in [-0.2, 0) is 14.3 Å². The molecule has 3 N–H and O–H groups in total. The van der Waals surface area contributed by atoms with Gasteiger partial charge in [-0.2, -0.15) is 0 Å². The van der Waals surface area contributed by atoms with Crippen molar-refractivity contribution in [3.8, 4) is 11.3 Å². The van der Waals surface area contributed by atoms with Gasteiger partial charge in [0.1, 0.15) is 17.7 Å². The molecule has 32 heavy (non-hydrogen) atoms. The van der Waals surface area contributed by atoms with Gasteiger partial charge in [-0.3, -0.25) is 4.79 Å². The lowest BCUT2D eigenvalue weighted by Crippen LogP contribution is -2.45. The van der Waals surface area contributed by atoms with Crippen molar-refractivity contribution in [2.75, 3.05) is 43.5 Å². The van der Waals surface area contributed by atoms with Gasteiger partial charge in [0.25, 0.3) is 5.91 Å². The fourth-order valence-corrected chi connectivity index (χ4v) is 4.31. The Kier molecular flexibility index (Phi) is 7.25. The van der Waals surface area contributed by atoms with Crippen molar-refractivity contribution in [2.45, 2.75) is 38.4 Å². The molecule has 2 aliphatic heterocycles. The lowest BCUT2D eigenvalue weighted by molar-refractivity contribution is -0.128. The van der Waals surface area contributed by atoms with Gasteiger partial charge in [-0.25, -0.2) is 9.97 Å². The first-order valence-electron chi connectivity index (χ1n) is 11.0. The molecule has 8 nitrogen and oxygen atoms in total. The quantitative estimate of drug-likeness (QED) is 0.609. The van der Waals surface area contributed by atoms with Crippen LogP contribution in [-0.4, -0.2) is 60.4 Å². The highest BCUT2D eigenvalue weighted by atomic mass is 35.5. The van der Waals surface area contributed by atoms with E-state index in [9.17, 15) is 4.79 Å². The number of hydrogen-bond donors (Lipinski definition) is 3. The fourth-order valence-electron chi connectivity index (χ4n) is 4.11. The van der Waals surface area contributed by atoms with Gasteiger partial charge in [-0.05, 0) is 50.8 Å². The predicted octanol–water partition coefficient (Wildman–Crippen LogP) is 3.34. The van der Waals surface area contributed by atoms with Crippen LogP contribution in [0.1, 0.15) is 26.7 Å². The largest absolute Gasteiger partial charge is 0.376 e. The Morgan fingerprint density at radius 1 is 1.31 bits per heavy atom. The second-order valence-corrected chi connectivity index (χ2v) is 9.27. The van der Waals surface area contributed by atoms with Crippen molar-refractivity contribution >= 4 is 29.1 Å². The summed E-state index contributed by atoms with van der Waals surface area (Å²) >= 11 is 6.41. The molecule has 4 rings (SSSR count). The Morgan fingerprint density at radius 3 is 2.97 bits per heavy atom. The molecule has 0 unspecified atom stereocenters. The number of carbonyl (C=O) groups excluding carboxylic acids is 1. The van der Waals surface area contributed by atoms with Crippen LogP contribution in [0, 0.1) is 5.92 Å². The second kappa shape index (κ2) is 10.1. The van der Waals surface area contributed by atoms with Crippen molar-refractivity contribution in [3.63, 3.8) is 0 Å². The molecule has 4 heterocycles. The van der Waals surface area contributed by atoms with E-state index in [1.54, 1.807) is 6.07 Å². The summed E-state index contributed by atoms with van der Waals surface area (Å²) in [7, 11) is 0. The van der Waals surface area contributed by atoms with Gasteiger partial charge in [0.15, 0.2) is 0 Å². The van der Waals surface area contributed by atoms with Gasteiger partial charge < -0.3 is 25.4 Å². The number of rotatable bonds is 6. The Labute approximate surface area is 193 Å². The second-order valence-electron chi connectivity index (χ2n) is 8.86. The molecule has 0 bridgehead atoms. The average Bonchev–Trinajstić information content (AvgIpc) is 2.79. The number of morpholine rings is 1. The van der Waals surface area contributed by atoms with E-state index in [1.807, 2.05) is 18.2 Å². The minimum Gasteiger partial charge on any atom is -0.376 e. The molecule has 0 saturated carbocycles. The molecular formula is C23H30ClN5O3. The van der Waals surface area contributed by atoms with E-state index >= 15 is 0 Å².